The predicted molar refractivity (Wildman–Crippen MR) is 123 cm³/mol. The summed E-state index contributed by atoms with van der Waals surface area (Å²) in [5.74, 6) is 0.626. The quantitative estimate of drug-likeness (QED) is 0.591. The van der Waals surface area contributed by atoms with E-state index in [0.29, 0.717) is 19.7 Å². The number of thiophene rings is 1. The van der Waals surface area contributed by atoms with Crippen LogP contribution in [0.2, 0.25) is 0 Å². The van der Waals surface area contributed by atoms with E-state index in [1.165, 1.54) is 17.6 Å². The maximum absolute atomic E-state index is 13.3. The van der Waals surface area contributed by atoms with Gasteiger partial charge in [0.2, 0.25) is 11.8 Å². The van der Waals surface area contributed by atoms with E-state index in [2.05, 4.69) is 24.4 Å². The van der Waals surface area contributed by atoms with Crippen LogP contribution in [0.15, 0.2) is 29.6 Å². The number of ether oxygens (including phenoxy) is 2. The molecule has 168 valence electrons. The maximum Gasteiger partial charge on any atom is 0.249 e. The fourth-order valence-corrected chi connectivity index (χ4v) is 4.96. The summed E-state index contributed by atoms with van der Waals surface area (Å²) in [7, 11) is 1.49. The van der Waals surface area contributed by atoms with Crippen molar-refractivity contribution in [2.24, 2.45) is 0 Å². The molecule has 7 heteroatoms. The third kappa shape index (κ3) is 5.66. The molecule has 1 aliphatic heterocycles. The minimum absolute atomic E-state index is 0.0127. The van der Waals surface area contributed by atoms with Crippen LogP contribution in [0.5, 0.6) is 5.75 Å². The van der Waals surface area contributed by atoms with Gasteiger partial charge in [-0.05, 0) is 55.3 Å². The molecule has 0 radical (unpaired) electrons. The van der Waals surface area contributed by atoms with Gasteiger partial charge in [-0.15, -0.1) is 11.3 Å². The molecule has 0 bridgehead atoms. The average Bonchev–Trinajstić information content (AvgIpc) is 3.22. The summed E-state index contributed by atoms with van der Waals surface area (Å²) in [6, 6.07) is 8.05. The van der Waals surface area contributed by atoms with E-state index in [0.717, 1.165) is 29.7 Å². The van der Waals surface area contributed by atoms with Crippen LogP contribution in [-0.2, 0) is 20.7 Å². The SMILES string of the molecule is CCCN(CC(=O)N1CCc2sccc2[C@@H]1COc1ccc(C)cc1C)C(=O)COC. The van der Waals surface area contributed by atoms with Crippen molar-refractivity contribution in [1.82, 2.24) is 9.80 Å². The van der Waals surface area contributed by atoms with Crippen LogP contribution in [0.4, 0.5) is 0 Å². The number of aryl methyl sites for hydroxylation is 2. The first-order valence-corrected chi connectivity index (χ1v) is 11.6. The number of benzene rings is 1. The molecular formula is C24H32N2O4S. The van der Waals surface area contributed by atoms with Crippen molar-refractivity contribution < 1.29 is 19.1 Å². The summed E-state index contributed by atoms with van der Waals surface area (Å²) in [6.45, 7) is 7.70. The van der Waals surface area contributed by atoms with Gasteiger partial charge in [-0.25, -0.2) is 0 Å². The van der Waals surface area contributed by atoms with Crippen LogP contribution in [-0.4, -0.2) is 61.6 Å². The third-order valence-electron chi connectivity index (χ3n) is 5.58. The molecule has 31 heavy (non-hydrogen) atoms. The molecule has 1 aromatic heterocycles. The summed E-state index contributed by atoms with van der Waals surface area (Å²) in [5.41, 5.74) is 3.43. The lowest BCUT2D eigenvalue weighted by molar-refractivity contribution is -0.144. The first-order chi connectivity index (χ1) is 14.9. The predicted octanol–water partition coefficient (Wildman–Crippen LogP) is 3.75. The molecule has 0 unspecified atom stereocenters. The number of hydrogen-bond acceptors (Lipinski definition) is 5. The normalized spacial score (nSPS) is 15.5. The van der Waals surface area contributed by atoms with E-state index in [1.54, 1.807) is 16.2 Å². The van der Waals surface area contributed by atoms with E-state index in [-0.39, 0.29) is 31.0 Å². The van der Waals surface area contributed by atoms with Gasteiger partial charge in [-0.2, -0.15) is 0 Å². The molecule has 0 fully saturated rings. The van der Waals surface area contributed by atoms with Crippen LogP contribution in [0, 0.1) is 13.8 Å². The van der Waals surface area contributed by atoms with Gasteiger partial charge in [0.05, 0.1) is 12.6 Å². The molecule has 2 heterocycles. The van der Waals surface area contributed by atoms with E-state index in [1.807, 2.05) is 30.9 Å². The van der Waals surface area contributed by atoms with E-state index in [9.17, 15) is 9.59 Å². The molecule has 2 amide bonds. The smallest absolute Gasteiger partial charge is 0.249 e. The third-order valence-corrected chi connectivity index (χ3v) is 6.58. The number of hydrogen-bond donors (Lipinski definition) is 0. The standard InChI is InChI=1S/C24H32N2O4S/c1-5-10-25(24(28)16-29-4)14-23(27)26-11-8-22-19(9-12-31-22)20(26)15-30-21-7-6-17(2)13-18(21)3/h6-7,9,12-13,20H,5,8,10-11,14-16H2,1-4H3/t20-/m0/s1. The second kappa shape index (κ2) is 10.8. The molecular weight excluding hydrogens is 412 g/mol. The number of rotatable bonds is 9. The molecule has 0 saturated carbocycles. The lowest BCUT2D eigenvalue weighted by Crippen LogP contribution is -2.48. The Morgan fingerprint density at radius 2 is 2.06 bits per heavy atom. The van der Waals surface area contributed by atoms with Crippen LogP contribution in [0.1, 0.15) is 41.0 Å². The zero-order valence-electron chi connectivity index (χ0n) is 18.8. The maximum atomic E-state index is 13.3. The Balaban J connectivity index is 1.77. The number of amides is 2. The van der Waals surface area contributed by atoms with Gasteiger partial charge < -0.3 is 19.3 Å². The topological polar surface area (TPSA) is 59.1 Å². The molecule has 1 aromatic carbocycles. The van der Waals surface area contributed by atoms with Crippen LogP contribution in [0.3, 0.4) is 0 Å². The lowest BCUT2D eigenvalue weighted by atomic mass is 10.00. The van der Waals surface area contributed by atoms with Crippen molar-refractivity contribution >= 4 is 23.2 Å². The summed E-state index contributed by atoms with van der Waals surface area (Å²) in [5, 5.41) is 2.08. The molecule has 0 N–H and O–H groups in total. The second-order valence-electron chi connectivity index (χ2n) is 7.98. The van der Waals surface area contributed by atoms with Gasteiger partial charge in [0.15, 0.2) is 0 Å². The molecule has 0 saturated heterocycles. The Morgan fingerprint density at radius 3 is 2.77 bits per heavy atom. The van der Waals surface area contributed by atoms with Crippen molar-refractivity contribution in [3.63, 3.8) is 0 Å². The monoisotopic (exact) mass is 444 g/mol. The van der Waals surface area contributed by atoms with Gasteiger partial charge >= 0.3 is 0 Å². The van der Waals surface area contributed by atoms with Crippen molar-refractivity contribution in [3.8, 4) is 5.75 Å². The Hall–Kier alpha value is -2.38. The van der Waals surface area contributed by atoms with E-state index in [4.69, 9.17) is 9.47 Å². The number of nitrogens with zero attached hydrogens (tertiary/aromatic N) is 2. The molecule has 1 atom stereocenters. The molecule has 1 aliphatic rings. The zero-order chi connectivity index (χ0) is 22.4. The first kappa shape index (κ1) is 23.3. The lowest BCUT2D eigenvalue weighted by Gasteiger charge is -2.37. The zero-order valence-corrected chi connectivity index (χ0v) is 19.7. The molecule has 2 aromatic rings. The Morgan fingerprint density at radius 1 is 1.26 bits per heavy atom. The van der Waals surface area contributed by atoms with Crippen LogP contribution < -0.4 is 4.74 Å². The van der Waals surface area contributed by atoms with Gasteiger partial charge in [-0.3, -0.25) is 9.59 Å². The molecule has 0 spiro atoms. The minimum atomic E-state index is -0.163. The Bertz CT molecular complexity index is 911. The van der Waals surface area contributed by atoms with Crippen molar-refractivity contribution in [1.29, 1.82) is 0 Å². The van der Waals surface area contributed by atoms with Crippen LogP contribution in [0.25, 0.3) is 0 Å². The van der Waals surface area contributed by atoms with Gasteiger partial charge in [0.1, 0.15) is 19.0 Å². The number of carbonyl (C=O) groups is 2. The highest BCUT2D eigenvalue weighted by Crippen LogP contribution is 2.34. The summed E-state index contributed by atoms with van der Waals surface area (Å²) in [4.78, 5) is 30.4. The molecule has 3 rings (SSSR count). The highest BCUT2D eigenvalue weighted by atomic mass is 32.1. The molecule has 6 nitrogen and oxygen atoms in total. The Kier molecular flexibility index (Phi) is 8.09. The number of carbonyl (C=O) groups excluding carboxylic acids is 2. The number of fused-ring (bicyclic) bond motifs is 1. The summed E-state index contributed by atoms with van der Waals surface area (Å²) in [6.07, 6.45) is 1.62. The molecule has 0 aliphatic carbocycles. The second-order valence-corrected chi connectivity index (χ2v) is 8.98. The fourth-order valence-electron chi connectivity index (χ4n) is 4.04. The highest BCUT2D eigenvalue weighted by Gasteiger charge is 2.33. The summed E-state index contributed by atoms with van der Waals surface area (Å²) >= 11 is 1.73. The number of methoxy groups -OCH3 is 1. The minimum Gasteiger partial charge on any atom is -0.491 e. The van der Waals surface area contributed by atoms with Gasteiger partial charge in [0.25, 0.3) is 0 Å². The van der Waals surface area contributed by atoms with Gasteiger partial charge in [-0.1, -0.05) is 24.6 Å². The van der Waals surface area contributed by atoms with Crippen molar-refractivity contribution in [2.75, 3.05) is 40.0 Å². The summed E-state index contributed by atoms with van der Waals surface area (Å²) < 4.78 is 11.2. The van der Waals surface area contributed by atoms with Crippen molar-refractivity contribution in [2.45, 2.75) is 39.7 Å². The van der Waals surface area contributed by atoms with E-state index >= 15 is 0 Å². The average molecular weight is 445 g/mol. The van der Waals surface area contributed by atoms with E-state index < -0.39 is 0 Å². The fraction of sp³-hybridized carbons (Fsp3) is 0.500. The Labute approximate surface area is 188 Å². The van der Waals surface area contributed by atoms with Crippen LogP contribution >= 0.6 is 11.3 Å². The highest BCUT2D eigenvalue weighted by molar-refractivity contribution is 7.10. The largest absolute Gasteiger partial charge is 0.491 e. The first-order valence-electron chi connectivity index (χ1n) is 10.8. The van der Waals surface area contributed by atoms with Crippen molar-refractivity contribution in [3.05, 3.63) is 51.2 Å². The van der Waals surface area contributed by atoms with Gasteiger partial charge in [0, 0.05) is 25.1 Å².